The average molecular weight is 504 g/mol. The summed E-state index contributed by atoms with van der Waals surface area (Å²) in [6.07, 6.45) is 2.20. The lowest BCUT2D eigenvalue weighted by Gasteiger charge is -2.30. The summed E-state index contributed by atoms with van der Waals surface area (Å²) in [6, 6.07) is 15.8. The molecule has 35 heavy (non-hydrogen) atoms. The van der Waals surface area contributed by atoms with Gasteiger partial charge in [-0.25, -0.2) is 8.42 Å². The molecule has 0 heterocycles. The Bertz CT molecular complexity index is 1060. The van der Waals surface area contributed by atoms with Crippen LogP contribution in [-0.4, -0.2) is 63.7 Å². The molecule has 192 valence electrons. The highest BCUT2D eigenvalue weighted by molar-refractivity contribution is 7.92. The van der Waals surface area contributed by atoms with E-state index < -0.39 is 16.1 Å². The zero-order chi connectivity index (χ0) is 26.0. The molecule has 0 aliphatic rings. The second-order valence-corrected chi connectivity index (χ2v) is 10.7. The molecule has 0 bridgehead atoms. The van der Waals surface area contributed by atoms with Crippen molar-refractivity contribution in [1.29, 1.82) is 0 Å². The van der Waals surface area contributed by atoms with Gasteiger partial charge in [-0.15, -0.1) is 0 Å². The van der Waals surface area contributed by atoms with Gasteiger partial charge in [0.1, 0.15) is 11.8 Å². The summed E-state index contributed by atoms with van der Waals surface area (Å²) < 4.78 is 31.2. The van der Waals surface area contributed by atoms with Gasteiger partial charge in [0.05, 0.1) is 19.1 Å². The highest BCUT2D eigenvalue weighted by Gasteiger charge is 2.26. The molecular weight excluding hydrogens is 466 g/mol. The van der Waals surface area contributed by atoms with Crippen LogP contribution in [0.1, 0.15) is 39.2 Å². The Morgan fingerprint density at radius 1 is 0.971 bits per heavy atom. The van der Waals surface area contributed by atoms with E-state index in [1.165, 1.54) is 4.31 Å². The number of ether oxygens (including phenoxy) is 1. The lowest BCUT2D eigenvalue weighted by Crippen LogP contribution is -2.50. The van der Waals surface area contributed by atoms with Gasteiger partial charge in [-0.1, -0.05) is 30.3 Å². The molecule has 0 fully saturated rings. The van der Waals surface area contributed by atoms with E-state index in [4.69, 9.17) is 4.74 Å². The number of hydrogen-bond acceptors (Lipinski definition) is 5. The largest absolute Gasteiger partial charge is 0.497 e. The van der Waals surface area contributed by atoms with Gasteiger partial charge in [0.2, 0.25) is 21.8 Å². The highest BCUT2D eigenvalue weighted by atomic mass is 32.2. The van der Waals surface area contributed by atoms with Gasteiger partial charge in [0.25, 0.3) is 0 Å². The number of hydrogen-bond donors (Lipinski definition) is 1. The first-order valence-electron chi connectivity index (χ1n) is 11.8. The van der Waals surface area contributed by atoms with E-state index in [0.29, 0.717) is 30.8 Å². The lowest BCUT2D eigenvalue weighted by atomic mass is 10.1. The Hall–Kier alpha value is -3.07. The number of carbonyl (C=O) groups excluding carboxylic acids is 2. The van der Waals surface area contributed by atoms with Crippen molar-refractivity contribution in [1.82, 2.24) is 10.2 Å². The monoisotopic (exact) mass is 503 g/mol. The summed E-state index contributed by atoms with van der Waals surface area (Å²) in [5.74, 6) is 0.230. The highest BCUT2D eigenvalue weighted by Crippen LogP contribution is 2.22. The molecule has 8 nitrogen and oxygen atoms in total. The normalized spacial score (nSPS) is 12.2. The number of benzene rings is 2. The Kier molecular flexibility index (Phi) is 10.6. The van der Waals surface area contributed by atoms with Crippen LogP contribution in [0.5, 0.6) is 5.75 Å². The second-order valence-electron chi connectivity index (χ2n) is 8.80. The van der Waals surface area contributed by atoms with Crippen LogP contribution in [0.25, 0.3) is 0 Å². The predicted molar refractivity (Wildman–Crippen MR) is 139 cm³/mol. The van der Waals surface area contributed by atoms with E-state index in [9.17, 15) is 18.0 Å². The zero-order valence-corrected chi connectivity index (χ0v) is 22.0. The maximum atomic E-state index is 13.2. The van der Waals surface area contributed by atoms with Crippen molar-refractivity contribution in [2.75, 3.05) is 30.8 Å². The number of sulfonamides is 1. The van der Waals surface area contributed by atoms with Gasteiger partial charge in [0.15, 0.2) is 0 Å². The molecule has 0 spiro atoms. The average Bonchev–Trinajstić information content (AvgIpc) is 2.81. The molecule has 0 radical (unpaired) electrons. The number of methoxy groups -OCH3 is 1. The van der Waals surface area contributed by atoms with E-state index in [-0.39, 0.29) is 30.8 Å². The van der Waals surface area contributed by atoms with Crippen molar-refractivity contribution in [3.63, 3.8) is 0 Å². The Morgan fingerprint density at radius 2 is 1.60 bits per heavy atom. The van der Waals surface area contributed by atoms with Crippen molar-refractivity contribution in [2.45, 2.75) is 52.1 Å². The fourth-order valence-corrected chi connectivity index (χ4v) is 4.69. The van der Waals surface area contributed by atoms with Crippen molar-refractivity contribution < 1.29 is 22.7 Å². The topological polar surface area (TPSA) is 96.0 Å². The first kappa shape index (κ1) is 28.2. The van der Waals surface area contributed by atoms with Gasteiger partial charge in [0, 0.05) is 25.6 Å². The number of rotatable bonds is 13. The van der Waals surface area contributed by atoms with E-state index in [1.54, 1.807) is 43.2 Å². The first-order chi connectivity index (χ1) is 16.5. The SMILES string of the molecule is COc1ccc(N(CCCC(=O)N(CCc2ccccc2)[C@@H](C)C(=O)NC(C)C)S(C)(=O)=O)cc1. The third-order valence-corrected chi connectivity index (χ3v) is 6.79. The minimum atomic E-state index is -3.54. The van der Waals surface area contributed by atoms with E-state index in [2.05, 4.69) is 5.32 Å². The smallest absolute Gasteiger partial charge is 0.242 e. The van der Waals surface area contributed by atoms with Crippen molar-refractivity contribution in [2.24, 2.45) is 0 Å². The van der Waals surface area contributed by atoms with Gasteiger partial charge in [-0.3, -0.25) is 13.9 Å². The molecule has 9 heteroatoms. The molecule has 0 aromatic heterocycles. The van der Waals surface area contributed by atoms with Gasteiger partial charge < -0.3 is 15.0 Å². The Morgan fingerprint density at radius 3 is 2.14 bits per heavy atom. The minimum absolute atomic E-state index is 0.0381. The maximum absolute atomic E-state index is 13.2. The van der Waals surface area contributed by atoms with Gasteiger partial charge in [-0.2, -0.15) is 0 Å². The number of amides is 2. The molecule has 2 rings (SSSR count). The molecule has 2 aromatic carbocycles. The minimum Gasteiger partial charge on any atom is -0.497 e. The van der Waals surface area contributed by atoms with Gasteiger partial charge in [-0.05, 0) is 63.4 Å². The summed E-state index contributed by atoms with van der Waals surface area (Å²) in [7, 11) is -2.00. The Labute approximate surface area is 209 Å². The number of carbonyl (C=O) groups is 2. The van der Waals surface area contributed by atoms with Crippen molar-refractivity contribution >= 4 is 27.5 Å². The van der Waals surface area contributed by atoms with Gasteiger partial charge >= 0.3 is 0 Å². The molecule has 0 unspecified atom stereocenters. The van der Waals surface area contributed by atoms with E-state index in [1.807, 2.05) is 44.2 Å². The van der Waals surface area contributed by atoms with Crippen LogP contribution in [0.2, 0.25) is 0 Å². The summed E-state index contributed by atoms with van der Waals surface area (Å²) in [5, 5.41) is 2.87. The first-order valence-corrected chi connectivity index (χ1v) is 13.6. The van der Waals surface area contributed by atoms with E-state index in [0.717, 1.165) is 11.8 Å². The van der Waals surface area contributed by atoms with Crippen LogP contribution >= 0.6 is 0 Å². The van der Waals surface area contributed by atoms with Crippen LogP contribution < -0.4 is 14.4 Å². The molecular formula is C26H37N3O5S. The number of nitrogens with one attached hydrogen (secondary N) is 1. The maximum Gasteiger partial charge on any atom is 0.242 e. The Balaban J connectivity index is 2.10. The van der Waals surface area contributed by atoms with Crippen LogP contribution in [-0.2, 0) is 26.0 Å². The zero-order valence-electron chi connectivity index (χ0n) is 21.2. The quantitative estimate of drug-likeness (QED) is 0.453. The molecule has 0 saturated heterocycles. The molecule has 0 aliphatic carbocycles. The summed E-state index contributed by atoms with van der Waals surface area (Å²) >= 11 is 0. The van der Waals surface area contributed by atoms with E-state index >= 15 is 0 Å². The van der Waals surface area contributed by atoms with Crippen LogP contribution in [0.15, 0.2) is 54.6 Å². The molecule has 0 saturated carbocycles. The van der Waals surface area contributed by atoms with Crippen molar-refractivity contribution in [3.8, 4) is 5.75 Å². The van der Waals surface area contributed by atoms with Crippen LogP contribution in [0.3, 0.4) is 0 Å². The second kappa shape index (κ2) is 13.1. The molecule has 1 atom stereocenters. The fourth-order valence-electron chi connectivity index (χ4n) is 3.73. The van der Waals surface area contributed by atoms with Crippen LogP contribution in [0.4, 0.5) is 5.69 Å². The molecule has 2 aromatic rings. The lowest BCUT2D eigenvalue weighted by molar-refractivity contribution is -0.140. The van der Waals surface area contributed by atoms with Crippen LogP contribution in [0, 0.1) is 0 Å². The fraction of sp³-hybridized carbons (Fsp3) is 0.462. The molecule has 2 amide bonds. The third-order valence-electron chi connectivity index (χ3n) is 5.60. The summed E-state index contributed by atoms with van der Waals surface area (Å²) in [4.78, 5) is 27.5. The third kappa shape index (κ3) is 8.90. The molecule has 0 aliphatic heterocycles. The van der Waals surface area contributed by atoms with Crippen molar-refractivity contribution in [3.05, 3.63) is 60.2 Å². The molecule has 1 N–H and O–H groups in total. The number of anilines is 1. The number of nitrogens with zero attached hydrogens (tertiary/aromatic N) is 2. The summed E-state index contributed by atoms with van der Waals surface area (Å²) in [5.41, 5.74) is 1.58. The predicted octanol–water partition coefficient (Wildman–Crippen LogP) is 3.23. The standard InChI is InChI=1S/C26H37N3O5S/c1-20(2)27-26(31)21(3)28(19-17-22-10-7-6-8-11-22)25(30)12-9-18-29(35(5,32)33)23-13-15-24(34-4)16-14-23/h6-8,10-11,13-16,20-21H,9,12,17-19H2,1-5H3,(H,27,31)/t21-/m0/s1. The summed E-state index contributed by atoms with van der Waals surface area (Å²) in [6.45, 7) is 6.01.